The van der Waals surface area contributed by atoms with E-state index in [1.807, 2.05) is 6.92 Å². The average Bonchev–Trinajstić information content (AvgIpc) is 1.89. The molecule has 2 heteroatoms. The first kappa shape index (κ1) is 8.47. The van der Waals surface area contributed by atoms with Crippen molar-refractivity contribution in [2.45, 2.75) is 26.2 Å². The van der Waals surface area contributed by atoms with Gasteiger partial charge in [0.25, 0.3) is 0 Å². The Hall–Kier alpha value is -0.530. The van der Waals surface area contributed by atoms with Crippen molar-refractivity contribution < 1.29 is 4.84 Å². The Labute approximate surface area is 56.9 Å². The van der Waals surface area contributed by atoms with Gasteiger partial charge < -0.3 is 4.84 Å². The fraction of sp³-hybridized carbons (Fsp3) is 0.714. The normalized spacial score (nSPS) is 10.4. The molecule has 0 fully saturated rings. The Morgan fingerprint density at radius 1 is 1.67 bits per heavy atom. The molecule has 0 aliphatic heterocycles. The van der Waals surface area contributed by atoms with Crippen LogP contribution in [0.4, 0.5) is 0 Å². The maximum Gasteiger partial charge on any atom is 0.114 e. The summed E-state index contributed by atoms with van der Waals surface area (Å²) in [7, 11) is 0. The molecule has 0 aliphatic rings. The third-order valence-electron chi connectivity index (χ3n) is 0.861. The molecule has 0 N–H and O–H groups in total. The molecule has 0 spiro atoms. The lowest BCUT2D eigenvalue weighted by atomic mass is 10.3. The first-order valence-electron chi connectivity index (χ1n) is 3.34. The second kappa shape index (κ2) is 7.47. The number of hydrogen-bond acceptors (Lipinski definition) is 2. The van der Waals surface area contributed by atoms with E-state index >= 15 is 0 Å². The smallest absolute Gasteiger partial charge is 0.114 e. The Balaban J connectivity index is 2.86. The highest BCUT2D eigenvalue weighted by Crippen LogP contribution is 1.89. The van der Waals surface area contributed by atoms with Gasteiger partial charge in [-0.1, -0.05) is 18.5 Å². The van der Waals surface area contributed by atoms with Crippen LogP contribution in [0, 0.1) is 6.92 Å². The van der Waals surface area contributed by atoms with Crippen molar-refractivity contribution in [3.05, 3.63) is 6.92 Å². The zero-order chi connectivity index (χ0) is 6.95. The molecule has 0 aromatic heterocycles. The number of rotatable bonds is 5. The van der Waals surface area contributed by atoms with E-state index in [0.717, 1.165) is 19.3 Å². The molecule has 2 nitrogen and oxygen atoms in total. The minimum absolute atomic E-state index is 0.654. The molecule has 0 atom stereocenters. The van der Waals surface area contributed by atoms with Gasteiger partial charge in [0, 0.05) is 6.21 Å². The van der Waals surface area contributed by atoms with E-state index in [4.69, 9.17) is 4.84 Å². The van der Waals surface area contributed by atoms with E-state index in [0.29, 0.717) is 6.61 Å². The molecular formula is C7H14NO. The van der Waals surface area contributed by atoms with Crippen LogP contribution in [0.2, 0.25) is 0 Å². The van der Waals surface area contributed by atoms with Gasteiger partial charge in [-0.3, -0.25) is 0 Å². The average molecular weight is 128 g/mol. The molecular weight excluding hydrogens is 114 g/mol. The second-order valence-electron chi connectivity index (χ2n) is 1.70. The van der Waals surface area contributed by atoms with Crippen LogP contribution in [0.5, 0.6) is 0 Å². The first-order chi connectivity index (χ1) is 4.41. The van der Waals surface area contributed by atoms with Crippen molar-refractivity contribution >= 4 is 6.21 Å². The summed E-state index contributed by atoms with van der Waals surface area (Å²) < 4.78 is 0. The minimum Gasteiger partial charge on any atom is -0.396 e. The van der Waals surface area contributed by atoms with Crippen molar-refractivity contribution in [3.8, 4) is 0 Å². The van der Waals surface area contributed by atoms with Crippen LogP contribution in [-0.4, -0.2) is 12.8 Å². The third-order valence-corrected chi connectivity index (χ3v) is 0.861. The Kier molecular flexibility index (Phi) is 7.03. The summed E-state index contributed by atoms with van der Waals surface area (Å²) >= 11 is 0. The summed E-state index contributed by atoms with van der Waals surface area (Å²) in [5.74, 6) is 0. The fourth-order valence-corrected chi connectivity index (χ4v) is 0.416. The summed E-state index contributed by atoms with van der Waals surface area (Å²) in [6, 6.07) is 0. The molecule has 0 bridgehead atoms. The quantitative estimate of drug-likeness (QED) is 0.315. The van der Waals surface area contributed by atoms with Crippen molar-refractivity contribution in [2.75, 3.05) is 6.61 Å². The lowest BCUT2D eigenvalue weighted by Crippen LogP contribution is -1.80. The number of hydrogen-bond donors (Lipinski definition) is 0. The molecule has 0 aliphatic carbocycles. The van der Waals surface area contributed by atoms with Gasteiger partial charge >= 0.3 is 0 Å². The van der Waals surface area contributed by atoms with Crippen LogP contribution in [0.1, 0.15) is 26.2 Å². The SMILES string of the molecule is [CH2]CCCC=NOCC. The highest BCUT2D eigenvalue weighted by atomic mass is 16.6. The van der Waals surface area contributed by atoms with E-state index in [-0.39, 0.29) is 0 Å². The highest BCUT2D eigenvalue weighted by molar-refractivity contribution is 5.56. The van der Waals surface area contributed by atoms with Crippen LogP contribution >= 0.6 is 0 Å². The Morgan fingerprint density at radius 2 is 2.44 bits per heavy atom. The van der Waals surface area contributed by atoms with E-state index in [2.05, 4.69) is 12.1 Å². The van der Waals surface area contributed by atoms with Crippen molar-refractivity contribution in [1.82, 2.24) is 0 Å². The summed E-state index contributed by atoms with van der Waals surface area (Å²) in [5.41, 5.74) is 0. The molecule has 0 rings (SSSR count). The highest BCUT2D eigenvalue weighted by Gasteiger charge is 1.77. The zero-order valence-electron chi connectivity index (χ0n) is 5.97. The fourth-order valence-electron chi connectivity index (χ4n) is 0.416. The third kappa shape index (κ3) is 7.47. The number of oxime groups is 1. The molecule has 9 heavy (non-hydrogen) atoms. The second-order valence-corrected chi connectivity index (χ2v) is 1.70. The van der Waals surface area contributed by atoms with Gasteiger partial charge in [0.05, 0.1) is 0 Å². The molecule has 0 aromatic rings. The number of nitrogens with zero attached hydrogens (tertiary/aromatic N) is 1. The van der Waals surface area contributed by atoms with E-state index in [1.54, 1.807) is 6.21 Å². The molecule has 0 saturated carbocycles. The predicted molar refractivity (Wildman–Crippen MR) is 39.3 cm³/mol. The van der Waals surface area contributed by atoms with E-state index in [9.17, 15) is 0 Å². The van der Waals surface area contributed by atoms with Crippen molar-refractivity contribution in [3.63, 3.8) is 0 Å². The predicted octanol–water partition coefficient (Wildman–Crippen LogP) is 2.01. The van der Waals surface area contributed by atoms with Gasteiger partial charge in [0.15, 0.2) is 0 Å². The van der Waals surface area contributed by atoms with Gasteiger partial charge in [0.2, 0.25) is 0 Å². The standard InChI is InChI=1S/C7H14NO/c1-3-5-6-7-8-9-4-2/h7H,1,3-6H2,2H3. The Bertz CT molecular complexity index is 71.3. The summed E-state index contributed by atoms with van der Waals surface area (Å²) in [6.07, 6.45) is 4.83. The summed E-state index contributed by atoms with van der Waals surface area (Å²) in [6.45, 7) is 6.27. The molecule has 0 saturated heterocycles. The maximum absolute atomic E-state index is 4.73. The van der Waals surface area contributed by atoms with Gasteiger partial charge in [0.1, 0.15) is 6.61 Å². The number of unbranched alkanes of at least 4 members (excludes halogenated alkanes) is 2. The lowest BCUT2D eigenvalue weighted by Gasteiger charge is -1.89. The van der Waals surface area contributed by atoms with Gasteiger partial charge in [-0.2, -0.15) is 0 Å². The van der Waals surface area contributed by atoms with Crippen LogP contribution in [-0.2, 0) is 4.84 Å². The van der Waals surface area contributed by atoms with Gasteiger partial charge in [-0.15, -0.1) is 0 Å². The van der Waals surface area contributed by atoms with Crippen LogP contribution in [0.15, 0.2) is 5.16 Å². The van der Waals surface area contributed by atoms with Crippen LogP contribution in [0.3, 0.4) is 0 Å². The molecule has 0 unspecified atom stereocenters. The zero-order valence-corrected chi connectivity index (χ0v) is 5.97. The monoisotopic (exact) mass is 128 g/mol. The minimum atomic E-state index is 0.654. The molecule has 53 valence electrons. The topological polar surface area (TPSA) is 21.6 Å². The van der Waals surface area contributed by atoms with E-state index in [1.165, 1.54) is 0 Å². The van der Waals surface area contributed by atoms with E-state index < -0.39 is 0 Å². The molecule has 1 radical (unpaired) electrons. The lowest BCUT2D eigenvalue weighted by molar-refractivity contribution is 0.160. The molecule has 0 amide bonds. The molecule has 0 heterocycles. The largest absolute Gasteiger partial charge is 0.396 e. The van der Waals surface area contributed by atoms with Gasteiger partial charge in [-0.05, 0) is 19.8 Å². The summed E-state index contributed by atoms with van der Waals surface area (Å²) in [4.78, 5) is 4.73. The van der Waals surface area contributed by atoms with Gasteiger partial charge in [-0.25, -0.2) is 0 Å². The van der Waals surface area contributed by atoms with Crippen molar-refractivity contribution in [2.24, 2.45) is 5.16 Å². The molecule has 0 aromatic carbocycles. The van der Waals surface area contributed by atoms with Crippen molar-refractivity contribution in [1.29, 1.82) is 0 Å². The Morgan fingerprint density at radius 3 is 3.00 bits per heavy atom. The first-order valence-corrected chi connectivity index (χ1v) is 3.34. The van der Waals surface area contributed by atoms with Crippen LogP contribution < -0.4 is 0 Å². The maximum atomic E-state index is 4.73. The summed E-state index contributed by atoms with van der Waals surface area (Å²) in [5, 5.41) is 3.67. The van der Waals surface area contributed by atoms with Crippen LogP contribution in [0.25, 0.3) is 0 Å².